The van der Waals surface area contributed by atoms with E-state index in [-0.39, 0.29) is 5.78 Å². The van der Waals surface area contributed by atoms with Gasteiger partial charge in [0.25, 0.3) is 0 Å². The molecule has 0 fully saturated rings. The zero-order valence-corrected chi connectivity index (χ0v) is 15.9. The second-order valence-corrected chi connectivity index (χ2v) is 4.31. The summed E-state index contributed by atoms with van der Waals surface area (Å²) in [6.45, 7) is 18.8. The molecule has 1 heterocycles. The van der Waals surface area contributed by atoms with E-state index in [2.05, 4.69) is 13.2 Å². The highest BCUT2D eigenvalue weighted by molar-refractivity contribution is 6.03. The summed E-state index contributed by atoms with van der Waals surface area (Å²) in [6, 6.07) is 0. The van der Waals surface area contributed by atoms with Crippen LogP contribution in [0.2, 0.25) is 0 Å². The first kappa shape index (κ1) is 24.1. The highest BCUT2D eigenvalue weighted by Gasteiger charge is 2.36. The van der Waals surface area contributed by atoms with Gasteiger partial charge in [-0.15, -0.1) is 0 Å². The minimum atomic E-state index is -1.24. The molecule has 24 heavy (non-hydrogen) atoms. The van der Waals surface area contributed by atoms with Crippen LogP contribution in [-0.4, -0.2) is 23.1 Å². The van der Waals surface area contributed by atoms with Crippen LogP contribution in [0.3, 0.4) is 0 Å². The summed E-state index contributed by atoms with van der Waals surface area (Å²) in [6.07, 6.45) is 9.84. The number of hydrogen-bond donors (Lipinski definition) is 1. The second kappa shape index (κ2) is 14.5. The van der Waals surface area contributed by atoms with Gasteiger partial charge in [-0.25, -0.2) is 0 Å². The van der Waals surface area contributed by atoms with Crippen molar-refractivity contribution in [1.29, 1.82) is 0 Å². The van der Waals surface area contributed by atoms with Gasteiger partial charge in [-0.2, -0.15) is 0 Å². The molecule has 0 aromatic carbocycles. The van der Waals surface area contributed by atoms with E-state index in [9.17, 15) is 9.90 Å². The van der Waals surface area contributed by atoms with Gasteiger partial charge in [0.15, 0.2) is 18.0 Å². The van der Waals surface area contributed by atoms with Crippen LogP contribution in [0.5, 0.6) is 0 Å². The molecule has 1 aliphatic rings. The summed E-state index contributed by atoms with van der Waals surface area (Å²) < 4.78 is 5.68. The van der Waals surface area contributed by atoms with E-state index in [0.29, 0.717) is 16.9 Å². The van der Waals surface area contributed by atoms with Gasteiger partial charge in [-0.1, -0.05) is 77.3 Å². The van der Waals surface area contributed by atoms with Crippen molar-refractivity contribution in [1.82, 2.24) is 0 Å². The Kier molecular flexibility index (Phi) is 14.5. The third-order valence-electron chi connectivity index (χ3n) is 2.95. The Morgan fingerprint density at radius 2 is 1.75 bits per heavy atom. The molecule has 0 aromatic rings. The standard InChI is InChI=1S/C17H20O3.2C2H6/c1-5-8-10-13(7-3)17-16(19)15(18)14(11-9-6-2)12(4)20-17;2*1-2/h5-11,16-17,19H,2-3H2,1,4H3;2*1-2H3/b8-5-,11-9-,13-10+;;. The summed E-state index contributed by atoms with van der Waals surface area (Å²) in [5.41, 5.74) is 1.03. The molecule has 0 aliphatic carbocycles. The van der Waals surface area contributed by atoms with Gasteiger partial charge < -0.3 is 9.84 Å². The van der Waals surface area contributed by atoms with Crippen LogP contribution >= 0.6 is 0 Å². The summed E-state index contributed by atoms with van der Waals surface area (Å²) in [5.74, 6) is 0.127. The molecule has 2 atom stereocenters. The predicted octanol–water partition coefficient (Wildman–Crippen LogP) is 5.07. The molecule has 2 unspecified atom stereocenters. The van der Waals surface area contributed by atoms with Gasteiger partial charge in [0.1, 0.15) is 5.76 Å². The Labute approximate surface area is 147 Å². The topological polar surface area (TPSA) is 46.5 Å². The van der Waals surface area contributed by atoms with Crippen molar-refractivity contribution in [2.45, 2.75) is 53.8 Å². The number of aliphatic hydroxyl groups is 1. The van der Waals surface area contributed by atoms with Crippen molar-refractivity contribution in [3.8, 4) is 0 Å². The monoisotopic (exact) mass is 332 g/mol. The van der Waals surface area contributed by atoms with Crippen molar-refractivity contribution in [2.75, 3.05) is 0 Å². The molecule has 0 radical (unpaired) electrons. The Hall–Kier alpha value is -2.13. The van der Waals surface area contributed by atoms with Crippen molar-refractivity contribution in [2.24, 2.45) is 0 Å². The van der Waals surface area contributed by atoms with Gasteiger partial charge in [0, 0.05) is 0 Å². The number of carbonyl (C=O) groups is 1. The molecule has 0 saturated heterocycles. The van der Waals surface area contributed by atoms with E-state index in [4.69, 9.17) is 4.74 Å². The van der Waals surface area contributed by atoms with Crippen LogP contribution in [0.4, 0.5) is 0 Å². The summed E-state index contributed by atoms with van der Waals surface area (Å²) in [4.78, 5) is 12.2. The van der Waals surface area contributed by atoms with Gasteiger partial charge >= 0.3 is 0 Å². The Bertz CT molecular complexity index is 519. The summed E-state index contributed by atoms with van der Waals surface area (Å²) in [7, 11) is 0. The molecule has 3 nitrogen and oxygen atoms in total. The van der Waals surface area contributed by atoms with E-state index in [1.54, 1.807) is 37.3 Å². The number of Topliss-reactive ketones (excluding diaryl/α,β-unsaturated/α-hetero) is 1. The van der Waals surface area contributed by atoms with E-state index >= 15 is 0 Å². The lowest BCUT2D eigenvalue weighted by molar-refractivity contribution is -0.131. The van der Waals surface area contributed by atoms with E-state index in [0.717, 1.165) is 0 Å². The van der Waals surface area contributed by atoms with Crippen LogP contribution in [-0.2, 0) is 9.53 Å². The molecule has 3 heteroatoms. The SMILES string of the molecule is C=C/C=C\C1=C(C)OC(/C(C=C)=C/C=C\C)C(O)C1=O.CC.CC. The van der Waals surface area contributed by atoms with E-state index in [1.165, 1.54) is 0 Å². The van der Waals surface area contributed by atoms with Crippen LogP contribution in [0.25, 0.3) is 0 Å². The first-order valence-electron chi connectivity index (χ1n) is 8.41. The zero-order chi connectivity index (χ0) is 19.1. The fourth-order valence-electron chi connectivity index (χ4n) is 1.89. The van der Waals surface area contributed by atoms with Gasteiger partial charge in [-0.3, -0.25) is 4.79 Å². The molecule has 134 valence electrons. The lowest BCUT2D eigenvalue weighted by Crippen LogP contribution is -2.41. The predicted molar refractivity (Wildman–Crippen MR) is 104 cm³/mol. The molecule has 1 aliphatic heterocycles. The first-order valence-corrected chi connectivity index (χ1v) is 8.41. The van der Waals surface area contributed by atoms with Crippen molar-refractivity contribution >= 4 is 5.78 Å². The number of rotatable bonds is 5. The van der Waals surface area contributed by atoms with Gasteiger partial charge in [0.05, 0.1) is 5.57 Å². The number of allylic oxidation sites excluding steroid dienone is 7. The molecule has 0 bridgehead atoms. The van der Waals surface area contributed by atoms with Crippen LogP contribution in [0.15, 0.2) is 72.6 Å². The van der Waals surface area contributed by atoms with Crippen LogP contribution in [0, 0.1) is 0 Å². The van der Waals surface area contributed by atoms with Crippen molar-refractivity contribution in [3.63, 3.8) is 0 Å². The second-order valence-electron chi connectivity index (χ2n) is 4.31. The summed E-state index contributed by atoms with van der Waals surface area (Å²) in [5, 5.41) is 10.1. The van der Waals surface area contributed by atoms with Crippen molar-refractivity contribution in [3.05, 3.63) is 72.6 Å². The van der Waals surface area contributed by atoms with Gasteiger partial charge in [-0.05, 0) is 25.5 Å². The number of aliphatic hydroxyl groups excluding tert-OH is 1. The Balaban J connectivity index is 0. The molecule has 0 amide bonds. The number of carbonyl (C=O) groups excluding carboxylic acids is 1. The van der Waals surface area contributed by atoms with Crippen LogP contribution in [0.1, 0.15) is 41.5 Å². The molecular weight excluding hydrogens is 300 g/mol. The lowest BCUT2D eigenvalue weighted by Gasteiger charge is -2.30. The Morgan fingerprint density at radius 1 is 1.17 bits per heavy atom. The third-order valence-corrected chi connectivity index (χ3v) is 2.95. The average Bonchev–Trinajstić information content (AvgIpc) is 2.63. The minimum absolute atomic E-state index is 0.356. The number of hydrogen-bond acceptors (Lipinski definition) is 3. The quantitative estimate of drug-likeness (QED) is 0.715. The number of ketones is 1. The largest absolute Gasteiger partial charge is 0.486 e. The van der Waals surface area contributed by atoms with Crippen LogP contribution < -0.4 is 0 Å². The highest BCUT2D eigenvalue weighted by atomic mass is 16.5. The maximum Gasteiger partial charge on any atom is 0.198 e. The maximum absolute atomic E-state index is 12.2. The molecule has 0 saturated carbocycles. The number of ether oxygens (including phenoxy) is 1. The van der Waals surface area contributed by atoms with Gasteiger partial charge in [0.2, 0.25) is 0 Å². The normalized spacial score (nSPS) is 20.8. The Morgan fingerprint density at radius 3 is 2.21 bits per heavy atom. The molecular formula is C21H32O3. The molecule has 0 spiro atoms. The summed E-state index contributed by atoms with van der Waals surface area (Å²) >= 11 is 0. The third kappa shape index (κ3) is 6.97. The fourth-order valence-corrected chi connectivity index (χ4v) is 1.89. The maximum atomic E-state index is 12.2. The average molecular weight is 332 g/mol. The first-order chi connectivity index (χ1) is 11.6. The van der Waals surface area contributed by atoms with E-state index in [1.807, 2.05) is 46.8 Å². The minimum Gasteiger partial charge on any atom is -0.486 e. The smallest absolute Gasteiger partial charge is 0.198 e. The fraction of sp³-hybridized carbons (Fsp3) is 0.381. The van der Waals surface area contributed by atoms with E-state index < -0.39 is 12.2 Å². The highest BCUT2D eigenvalue weighted by Crippen LogP contribution is 2.27. The lowest BCUT2D eigenvalue weighted by atomic mass is 9.93. The zero-order valence-electron chi connectivity index (χ0n) is 15.9. The molecule has 1 N–H and O–H groups in total. The van der Waals surface area contributed by atoms with Crippen molar-refractivity contribution < 1.29 is 14.6 Å². The molecule has 0 aromatic heterocycles. The molecule has 1 rings (SSSR count).